The number of hydrogen-bond donors (Lipinski definition) is 3. The van der Waals surface area contributed by atoms with E-state index in [1.807, 2.05) is 25.1 Å². The summed E-state index contributed by atoms with van der Waals surface area (Å²) in [5.41, 5.74) is 7.84. The van der Waals surface area contributed by atoms with Crippen molar-refractivity contribution >= 4 is 52.1 Å². The van der Waals surface area contributed by atoms with E-state index < -0.39 is 11.9 Å². The van der Waals surface area contributed by atoms with E-state index >= 15 is 0 Å². The number of unbranched alkanes of at least 4 members (excludes halogenated alkanes) is 3. The Morgan fingerprint density at radius 3 is 2.74 bits per heavy atom. The van der Waals surface area contributed by atoms with Crippen molar-refractivity contribution in [2.75, 3.05) is 18.9 Å². The maximum atomic E-state index is 13.1. The predicted octanol–water partition coefficient (Wildman–Crippen LogP) is 5.86. The molecule has 3 aromatic heterocycles. The van der Waals surface area contributed by atoms with Gasteiger partial charge in [0.1, 0.15) is 18.6 Å². The number of carbonyl (C=O) groups is 4. The second kappa shape index (κ2) is 17.4. The number of aryl methyl sites for hydroxylation is 2. The van der Waals surface area contributed by atoms with Crippen molar-refractivity contribution in [3.8, 4) is 11.8 Å². The third kappa shape index (κ3) is 8.53. The maximum absolute atomic E-state index is 13.1. The molecule has 3 N–H and O–H groups in total. The van der Waals surface area contributed by atoms with Crippen molar-refractivity contribution in [3.63, 3.8) is 0 Å². The van der Waals surface area contributed by atoms with Gasteiger partial charge in [0, 0.05) is 78.9 Å². The van der Waals surface area contributed by atoms with E-state index in [1.54, 1.807) is 11.0 Å². The van der Waals surface area contributed by atoms with Crippen LogP contribution in [-0.4, -0.2) is 73.7 Å². The summed E-state index contributed by atoms with van der Waals surface area (Å²) in [6.07, 6.45) is 7.47. The molecule has 12 heteroatoms. The van der Waals surface area contributed by atoms with Crippen molar-refractivity contribution in [3.05, 3.63) is 88.4 Å². The zero-order valence-electron chi connectivity index (χ0n) is 31.3. The van der Waals surface area contributed by atoms with Gasteiger partial charge >= 0.3 is 0 Å². The van der Waals surface area contributed by atoms with Crippen molar-refractivity contribution in [2.24, 2.45) is 0 Å². The molecular formula is C42H48N8O4. The Bertz CT molecular complexity index is 2230. The largest absolute Gasteiger partial charge is 0.366 e. The fourth-order valence-corrected chi connectivity index (χ4v) is 7.26. The number of carbonyl (C=O) groups excluding carboxylic acids is 4. The first-order valence-electron chi connectivity index (χ1n) is 18.7. The van der Waals surface area contributed by atoms with Gasteiger partial charge in [0.15, 0.2) is 0 Å². The van der Waals surface area contributed by atoms with E-state index in [-0.39, 0.29) is 18.2 Å². The van der Waals surface area contributed by atoms with E-state index in [2.05, 4.69) is 93.3 Å². The minimum absolute atomic E-state index is 0.182. The van der Waals surface area contributed by atoms with Crippen LogP contribution in [0.15, 0.2) is 54.7 Å². The fraction of sp³-hybridized carbons (Fsp3) is 0.381. The van der Waals surface area contributed by atoms with Crippen molar-refractivity contribution < 1.29 is 19.2 Å². The molecule has 1 fully saturated rings. The Hall–Kier alpha value is -5.80. The van der Waals surface area contributed by atoms with E-state index in [1.165, 1.54) is 18.5 Å². The van der Waals surface area contributed by atoms with Gasteiger partial charge in [-0.25, -0.2) is 4.98 Å². The Balaban J connectivity index is 0.00000245. The van der Waals surface area contributed by atoms with E-state index in [0.717, 1.165) is 88.9 Å². The monoisotopic (exact) mass is 728 g/mol. The number of nitrogens with one attached hydrogen (secondary N) is 3. The van der Waals surface area contributed by atoms with E-state index in [0.29, 0.717) is 25.1 Å². The van der Waals surface area contributed by atoms with Gasteiger partial charge in [-0.1, -0.05) is 43.4 Å². The van der Waals surface area contributed by atoms with Crippen LogP contribution in [0.4, 0.5) is 5.82 Å². The smallest absolute Gasteiger partial charge is 0.255 e. The molecule has 0 spiro atoms. The van der Waals surface area contributed by atoms with E-state index in [9.17, 15) is 14.4 Å². The number of rotatable bonds is 13. The van der Waals surface area contributed by atoms with E-state index in [4.69, 9.17) is 9.89 Å². The molecule has 5 aromatic rings. The normalized spacial score (nSPS) is 15.2. The lowest BCUT2D eigenvalue weighted by Gasteiger charge is -2.29. The summed E-state index contributed by atoms with van der Waals surface area (Å²) >= 11 is 0. The molecule has 54 heavy (non-hydrogen) atoms. The molecule has 3 amide bonds. The third-order valence-electron chi connectivity index (χ3n) is 10.1. The number of aromatic nitrogens is 4. The van der Waals surface area contributed by atoms with Gasteiger partial charge in [-0.2, -0.15) is 5.10 Å². The van der Waals surface area contributed by atoms with Crippen LogP contribution in [0.5, 0.6) is 0 Å². The van der Waals surface area contributed by atoms with Crippen LogP contribution < -0.4 is 10.6 Å². The number of hydrogen-bond acceptors (Lipinski definition) is 8. The predicted molar refractivity (Wildman–Crippen MR) is 209 cm³/mol. The average molecular weight is 729 g/mol. The first-order valence-corrected chi connectivity index (χ1v) is 18.7. The molecule has 5 heterocycles. The van der Waals surface area contributed by atoms with Crippen molar-refractivity contribution in [1.29, 1.82) is 0 Å². The number of H-pyrrole nitrogens is 1. The van der Waals surface area contributed by atoms with Gasteiger partial charge in [-0.3, -0.25) is 24.4 Å². The van der Waals surface area contributed by atoms with Gasteiger partial charge in [-0.05, 0) is 81.6 Å². The summed E-state index contributed by atoms with van der Waals surface area (Å²) in [7, 11) is 2.16. The van der Waals surface area contributed by atoms with Gasteiger partial charge in [0.25, 0.3) is 5.91 Å². The first kappa shape index (κ1) is 37.9. The Morgan fingerprint density at radius 2 is 1.93 bits per heavy atom. The van der Waals surface area contributed by atoms with Gasteiger partial charge in [0.2, 0.25) is 11.8 Å². The summed E-state index contributed by atoms with van der Waals surface area (Å²) in [6, 6.07) is 15.7. The van der Waals surface area contributed by atoms with Gasteiger partial charge in [0.05, 0.1) is 16.7 Å². The van der Waals surface area contributed by atoms with Gasteiger partial charge < -0.3 is 24.9 Å². The number of anilines is 1. The molecule has 1 unspecified atom stereocenters. The van der Waals surface area contributed by atoms with Crippen molar-refractivity contribution in [1.82, 2.24) is 34.9 Å². The molecule has 1 saturated heterocycles. The highest BCUT2D eigenvalue weighted by Crippen LogP contribution is 2.30. The highest BCUT2D eigenvalue weighted by atomic mass is 16.2. The van der Waals surface area contributed by atoms with Crippen LogP contribution in [0.25, 0.3) is 21.8 Å². The summed E-state index contributed by atoms with van der Waals surface area (Å²) in [6.45, 7) is 10.0. The number of nitrogens with zero attached hydrogens (tertiary/aromatic N) is 5. The zero-order valence-corrected chi connectivity index (χ0v) is 31.3. The molecule has 0 bridgehead atoms. The average Bonchev–Trinajstić information content (AvgIpc) is 3.84. The second-order valence-corrected chi connectivity index (χ2v) is 14.0. The second-order valence-electron chi connectivity index (χ2n) is 14.0. The topological polar surface area (TPSA) is 145 Å². The highest BCUT2D eigenvalue weighted by molar-refractivity contribution is 6.05. The van der Waals surface area contributed by atoms with Crippen molar-refractivity contribution in [2.45, 2.75) is 91.0 Å². The molecule has 0 saturated carbocycles. The van der Waals surface area contributed by atoms with Crippen LogP contribution in [0, 0.1) is 18.8 Å². The molecular weight excluding hydrogens is 681 g/mol. The fourth-order valence-electron chi connectivity index (χ4n) is 7.26. The highest BCUT2D eigenvalue weighted by Gasteiger charge is 2.39. The Labute approximate surface area is 315 Å². The quantitative estimate of drug-likeness (QED) is 0.0777. The lowest BCUT2D eigenvalue weighted by atomic mass is 10.0. The number of piperidine rings is 1. The summed E-state index contributed by atoms with van der Waals surface area (Å²) in [5, 5.41) is 13.0. The summed E-state index contributed by atoms with van der Waals surface area (Å²) in [4.78, 5) is 57.3. The lowest BCUT2D eigenvalue weighted by molar-refractivity contribution is -0.136. The van der Waals surface area contributed by atoms with Crippen LogP contribution in [0.2, 0.25) is 0 Å². The number of pyridine rings is 1. The standard InChI is InChI=1S/C41H46N8O3.CH2O/c1-4-5-18-47(3)25-31-21-30-24-43-38(22-35(30)44-31)42-23-28-14-15-32-27(2)46-49(37(32)20-28)19-9-7-6-8-11-29-12-10-13-33-34(29)26-48(41(33)52)36-16-17-39(50)45-40(36)51;1-2/h10,12-15,20-22,24,36,44H,4-7,9,16-19,23,25-26H2,1-3H3,(H,42,43)(H,45,50,51);1H2. The van der Waals surface area contributed by atoms with Crippen LogP contribution in [0.1, 0.15) is 90.3 Å². The number of benzene rings is 2. The molecule has 2 aliphatic rings. The number of fused-ring (bicyclic) bond motifs is 3. The summed E-state index contributed by atoms with van der Waals surface area (Å²) < 4.78 is 2.10. The number of aromatic amines is 1. The molecule has 7 rings (SSSR count). The maximum Gasteiger partial charge on any atom is 0.255 e. The first-order chi connectivity index (χ1) is 26.3. The minimum Gasteiger partial charge on any atom is -0.366 e. The lowest BCUT2D eigenvalue weighted by Crippen LogP contribution is -2.52. The molecule has 12 nitrogen and oxygen atoms in total. The third-order valence-corrected chi connectivity index (χ3v) is 10.1. The molecule has 280 valence electrons. The molecule has 0 radical (unpaired) electrons. The molecule has 0 aliphatic carbocycles. The molecule has 2 aromatic carbocycles. The van der Waals surface area contributed by atoms with Crippen LogP contribution in [-0.2, 0) is 40.6 Å². The minimum atomic E-state index is -0.634. The number of amides is 3. The SMILES string of the molecule is C=O.CCCCN(C)Cc1cc2cnc(NCc3ccc4c(C)nn(CCCCC#Cc5cccc6c5CN(C5CCC(=O)NC5=O)C6=O)c4c3)cc2[nH]1. The Morgan fingerprint density at radius 1 is 1.07 bits per heavy atom. The van der Waals surface area contributed by atoms with Crippen LogP contribution >= 0.6 is 0 Å². The van der Waals surface area contributed by atoms with Crippen LogP contribution in [0.3, 0.4) is 0 Å². The molecule has 2 aliphatic heterocycles. The zero-order chi connectivity index (χ0) is 38.2. The molecule has 1 atom stereocenters. The number of imide groups is 1. The Kier molecular flexibility index (Phi) is 12.2. The van der Waals surface area contributed by atoms with Gasteiger partial charge in [-0.15, -0.1) is 0 Å². The summed E-state index contributed by atoms with van der Waals surface area (Å²) in [5.74, 6) is 6.54.